The van der Waals surface area contributed by atoms with Crippen LogP contribution < -0.4 is 0 Å². The van der Waals surface area contributed by atoms with Gasteiger partial charge >= 0.3 is 0 Å². The molecule has 0 amide bonds. The lowest BCUT2D eigenvalue weighted by Gasteiger charge is -2.21. The first-order chi connectivity index (χ1) is 27.1. The summed E-state index contributed by atoms with van der Waals surface area (Å²) in [5, 5.41) is 0. The predicted molar refractivity (Wildman–Crippen MR) is 234 cm³/mol. The highest BCUT2D eigenvalue weighted by Crippen LogP contribution is 2.15. The SMILES string of the molecule is CCCCCCCCOC(CCC=CC(OCC)OC(C=CCCC(OCCCCCCCC)OCCCCCCCC)OCC)OCCCCCCCC. The van der Waals surface area contributed by atoms with Gasteiger partial charge in [0.05, 0.1) is 0 Å². The average Bonchev–Trinajstić information content (AvgIpc) is 3.19. The number of rotatable bonds is 46. The Kier molecular flexibility index (Phi) is 45.2. The first-order valence-electron chi connectivity index (χ1n) is 23.8. The molecule has 0 aliphatic rings. The zero-order chi connectivity index (χ0) is 40.1. The summed E-state index contributed by atoms with van der Waals surface area (Å²) in [5.41, 5.74) is 0. The third-order valence-electron chi connectivity index (χ3n) is 9.86. The highest BCUT2D eigenvalue weighted by atomic mass is 16.8. The van der Waals surface area contributed by atoms with Crippen LogP contribution in [0, 0.1) is 0 Å². The second-order valence-corrected chi connectivity index (χ2v) is 15.2. The Bertz CT molecular complexity index is 677. The fraction of sp³-hybridized carbons (Fsp3) is 0.917. The van der Waals surface area contributed by atoms with Crippen molar-refractivity contribution in [1.29, 1.82) is 0 Å². The Labute approximate surface area is 342 Å². The van der Waals surface area contributed by atoms with E-state index in [1.165, 1.54) is 128 Å². The minimum absolute atomic E-state index is 0.171. The maximum absolute atomic E-state index is 6.28. The van der Waals surface area contributed by atoms with Gasteiger partial charge in [-0.15, -0.1) is 0 Å². The number of ether oxygens (including phenoxy) is 7. The van der Waals surface area contributed by atoms with Crippen LogP contribution in [0.15, 0.2) is 24.3 Å². The molecule has 7 nitrogen and oxygen atoms in total. The van der Waals surface area contributed by atoms with Gasteiger partial charge in [0.25, 0.3) is 0 Å². The van der Waals surface area contributed by atoms with Crippen LogP contribution in [0.5, 0.6) is 0 Å². The van der Waals surface area contributed by atoms with Crippen LogP contribution in [0.4, 0.5) is 0 Å². The van der Waals surface area contributed by atoms with Gasteiger partial charge in [-0.1, -0.05) is 168 Å². The van der Waals surface area contributed by atoms with Gasteiger partial charge in [-0.25, -0.2) is 0 Å². The summed E-state index contributed by atoms with van der Waals surface area (Å²) in [6.45, 7) is 17.2. The first kappa shape index (κ1) is 54.2. The summed E-state index contributed by atoms with van der Waals surface area (Å²) in [6, 6.07) is 0. The maximum Gasteiger partial charge on any atom is 0.180 e. The second-order valence-electron chi connectivity index (χ2n) is 15.2. The molecule has 0 heterocycles. The molecule has 2 atom stereocenters. The van der Waals surface area contributed by atoms with Crippen molar-refractivity contribution >= 4 is 0 Å². The van der Waals surface area contributed by atoms with Crippen molar-refractivity contribution < 1.29 is 33.2 Å². The van der Waals surface area contributed by atoms with Crippen molar-refractivity contribution in [1.82, 2.24) is 0 Å². The minimum atomic E-state index is -0.494. The Morgan fingerprint density at radius 1 is 0.327 bits per heavy atom. The van der Waals surface area contributed by atoms with Crippen LogP contribution in [0.3, 0.4) is 0 Å². The normalized spacial score (nSPS) is 13.4. The third kappa shape index (κ3) is 39.8. The largest absolute Gasteiger partial charge is 0.353 e. The average molecular weight is 783 g/mol. The van der Waals surface area contributed by atoms with E-state index in [9.17, 15) is 0 Å². The number of allylic oxidation sites excluding steroid dienone is 2. The highest BCUT2D eigenvalue weighted by molar-refractivity contribution is 4.90. The third-order valence-corrected chi connectivity index (χ3v) is 9.86. The van der Waals surface area contributed by atoms with E-state index in [4.69, 9.17) is 33.2 Å². The quantitative estimate of drug-likeness (QED) is 0.0346. The Hall–Kier alpha value is -0.800. The van der Waals surface area contributed by atoms with E-state index in [1.807, 2.05) is 26.0 Å². The summed E-state index contributed by atoms with van der Waals surface area (Å²) in [7, 11) is 0. The van der Waals surface area contributed by atoms with Crippen LogP contribution in [-0.2, 0) is 33.2 Å². The number of hydrogen-bond donors (Lipinski definition) is 0. The van der Waals surface area contributed by atoms with E-state index in [1.54, 1.807) is 0 Å². The van der Waals surface area contributed by atoms with Crippen molar-refractivity contribution in [2.75, 3.05) is 39.6 Å². The van der Waals surface area contributed by atoms with Crippen molar-refractivity contribution in [3.63, 3.8) is 0 Å². The van der Waals surface area contributed by atoms with E-state index in [0.29, 0.717) is 13.2 Å². The molecule has 0 aromatic heterocycles. The summed E-state index contributed by atoms with van der Waals surface area (Å²) in [6.07, 6.45) is 40.5. The molecule has 0 saturated heterocycles. The van der Waals surface area contributed by atoms with Gasteiger partial charge in [0.1, 0.15) is 0 Å². The number of unbranched alkanes of at least 4 members (excludes halogenated alkanes) is 20. The zero-order valence-corrected chi connectivity index (χ0v) is 37.5. The fourth-order valence-corrected chi connectivity index (χ4v) is 6.44. The Balaban J connectivity index is 5.00. The topological polar surface area (TPSA) is 64.6 Å². The molecule has 328 valence electrons. The second kappa shape index (κ2) is 45.9. The summed E-state index contributed by atoms with van der Waals surface area (Å²) >= 11 is 0. The molecule has 0 aromatic carbocycles. The lowest BCUT2D eigenvalue weighted by molar-refractivity contribution is -0.204. The van der Waals surface area contributed by atoms with Gasteiger partial charge in [-0.05, 0) is 64.5 Å². The zero-order valence-electron chi connectivity index (χ0n) is 37.5. The van der Waals surface area contributed by atoms with Crippen molar-refractivity contribution in [2.24, 2.45) is 0 Å². The minimum Gasteiger partial charge on any atom is -0.353 e. The molecule has 2 unspecified atom stereocenters. The molecule has 0 aliphatic carbocycles. The van der Waals surface area contributed by atoms with Gasteiger partial charge < -0.3 is 33.2 Å². The monoisotopic (exact) mass is 783 g/mol. The van der Waals surface area contributed by atoms with E-state index in [2.05, 4.69) is 39.8 Å². The molecule has 0 radical (unpaired) electrons. The van der Waals surface area contributed by atoms with Crippen LogP contribution in [0.25, 0.3) is 0 Å². The van der Waals surface area contributed by atoms with E-state index in [-0.39, 0.29) is 12.6 Å². The smallest absolute Gasteiger partial charge is 0.180 e. The highest BCUT2D eigenvalue weighted by Gasteiger charge is 2.14. The van der Waals surface area contributed by atoms with Crippen molar-refractivity contribution in [3.05, 3.63) is 24.3 Å². The maximum atomic E-state index is 6.28. The molecule has 0 bridgehead atoms. The summed E-state index contributed by atoms with van der Waals surface area (Å²) < 4.78 is 43.2. The van der Waals surface area contributed by atoms with Crippen LogP contribution in [0.2, 0.25) is 0 Å². The van der Waals surface area contributed by atoms with Gasteiger partial charge in [0, 0.05) is 52.5 Å². The molecule has 0 N–H and O–H groups in total. The fourth-order valence-electron chi connectivity index (χ4n) is 6.44. The van der Waals surface area contributed by atoms with Gasteiger partial charge in [0.2, 0.25) is 0 Å². The lowest BCUT2D eigenvalue weighted by atomic mass is 10.1. The molecule has 0 spiro atoms. The van der Waals surface area contributed by atoms with E-state index < -0.39 is 12.6 Å². The molecule has 0 rings (SSSR count). The lowest BCUT2D eigenvalue weighted by Crippen LogP contribution is -2.24. The van der Waals surface area contributed by atoms with Crippen molar-refractivity contribution in [3.8, 4) is 0 Å². The molecular weight excluding hydrogens is 689 g/mol. The van der Waals surface area contributed by atoms with Crippen LogP contribution in [0.1, 0.15) is 221 Å². The first-order valence-corrected chi connectivity index (χ1v) is 23.8. The molecule has 0 aliphatic heterocycles. The molecule has 7 heteroatoms. The van der Waals surface area contributed by atoms with Gasteiger partial charge in [-0.3, -0.25) is 0 Å². The summed E-state index contributed by atoms with van der Waals surface area (Å²) in [4.78, 5) is 0. The predicted octanol–water partition coefficient (Wildman–Crippen LogP) is 14.6. The van der Waals surface area contributed by atoms with Crippen molar-refractivity contribution in [2.45, 2.75) is 246 Å². The molecule has 0 aromatic rings. The Morgan fingerprint density at radius 3 is 0.873 bits per heavy atom. The summed E-state index contributed by atoms with van der Waals surface area (Å²) in [5.74, 6) is 0. The Morgan fingerprint density at radius 2 is 0.600 bits per heavy atom. The molecule has 55 heavy (non-hydrogen) atoms. The molecule has 0 saturated carbocycles. The molecule has 0 fully saturated rings. The number of hydrogen-bond acceptors (Lipinski definition) is 7. The van der Waals surface area contributed by atoms with E-state index >= 15 is 0 Å². The van der Waals surface area contributed by atoms with Crippen LogP contribution in [-0.4, -0.2) is 64.8 Å². The van der Waals surface area contributed by atoms with Crippen LogP contribution >= 0.6 is 0 Å². The van der Waals surface area contributed by atoms with Gasteiger partial charge in [-0.2, -0.15) is 0 Å². The van der Waals surface area contributed by atoms with E-state index in [0.717, 1.165) is 77.8 Å². The van der Waals surface area contributed by atoms with Gasteiger partial charge in [0.15, 0.2) is 25.2 Å². The standard InChI is InChI=1S/C48H94O7/c1-7-13-17-21-25-33-41-51-45(52-42-34-26-22-18-14-8-2)37-29-31-39-47(49-11-5)55-48(50-12-6)40-32-30-38-46(53-43-35-27-23-19-15-9-3)54-44-36-28-24-20-16-10-4/h31-32,39-40,45-48H,7-30,33-38,41-44H2,1-6H3. The molecular formula is C48H94O7.